The molecule has 1 saturated carbocycles. The van der Waals surface area contributed by atoms with E-state index in [9.17, 15) is 10.2 Å². The van der Waals surface area contributed by atoms with Gasteiger partial charge in [-0.05, 0) is 28.8 Å². The first-order valence-electron chi connectivity index (χ1n) is 11.6. The average molecular weight is 465 g/mol. The molecule has 0 radical (unpaired) electrons. The summed E-state index contributed by atoms with van der Waals surface area (Å²) >= 11 is 0. The zero-order valence-electron chi connectivity index (χ0n) is 19.3. The zero-order chi connectivity index (χ0) is 23.8. The van der Waals surface area contributed by atoms with Crippen molar-refractivity contribution in [3.8, 4) is 5.75 Å². The van der Waals surface area contributed by atoms with Gasteiger partial charge in [-0.2, -0.15) is 0 Å². The number of methoxy groups -OCH3 is 1. The van der Waals surface area contributed by atoms with Crippen molar-refractivity contribution in [3.63, 3.8) is 0 Å². The largest absolute Gasteiger partial charge is 0.497 e. The van der Waals surface area contributed by atoms with E-state index >= 15 is 0 Å². The molecule has 6 nitrogen and oxygen atoms in total. The van der Waals surface area contributed by atoms with E-state index in [2.05, 4.69) is 0 Å². The Labute approximate surface area is 200 Å². The molecule has 2 N–H and O–H groups in total. The molecule has 0 saturated heterocycles. The smallest absolute Gasteiger partial charge is 0.118 e. The van der Waals surface area contributed by atoms with Crippen LogP contribution >= 0.6 is 0 Å². The van der Waals surface area contributed by atoms with Crippen LogP contribution in [0.5, 0.6) is 5.75 Å². The Morgan fingerprint density at radius 3 is 1.44 bits per heavy atom. The summed E-state index contributed by atoms with van der Waals surface area (Å²) in [6.07, 6.45) is -3.56. The van der Waals surface area contributed by atoms with Gasteiger partial charge in [0, 0.05) is 6.42 Å². The van der Waals surface area contributed by atoms with Crippen LogP contribution in [0.2, 0.25) is 0 Å². The van der Waals surface area contributed by atoms with Crippen molar-refractivity contribution in [3.05, 3.63) is 102 Å². The summed E-state index contributed by atoms with van der Waals surface area (Å²) in [5, 5.41) is 21.6. The molecule has 6 heteroatoms. The normalized spacial score (nSPS) is 24.6. The Morgan fingerprint density at radius 2 is 1.00 bits per heavy atom. The van der Waals surface area contributed by atoms with E-state index in [1.165, 1.54) is 0 Å². The van der Waals surface area contributed by atoms with Crippen LogP contribution in [0.25, 0.3) is 0 Å². The molecule has 0 unspecified atom stereocenters. The van der Waals surface area contributed by atoms with Crippen molar-refractivity contribution < 1.29 is 29.2 Å². The first kappa shape index (κ1) is 24.4. The SMILES string of the molecule is COc1ccc(CO[C@H]2[C@H](OCc3ccccc3)[C@@H](OCc3ccccc3)[C@H](O)C[C@H]2O)cc1. The molecular formula is C28H32O6. The van der Waals surface area contributed by atoms with Crippen LogP contribution in [0.3, 0.4) is 0 Å². The number of hydrogen-bond acceptors (Lipinski definition) is 6. The Balaban J connectivity index is 1.49. The van der Waals surface area contributed by atoms with Gasteiger partial charge in [-0.15, -0.1) is 0 Å². The van der Waals surface area contributed by atoms with E-state index < -0.39 is 30.5 Å². The summed E-state index contributed by atoms with van der Waals surface area (Å²) in [6, 6.07) is 27.2. The molecule has 1 fully saturated rings. The third kappa shape index (κ3) is 6.44. The fourth-order valence-electron chi connectivity index (χ4n) is 4.19. The molecule has 0 aromatic heterocycles. The zero-order valence-corrected chi connectivity index (χ0v) is 19.3. The van der Waals surface area contributed by atoms with Crippen molar-refractivity contribution in [2.75, 3.05) is 7.11 Å². The maximum absolute atomic E-state index is 10.8. The first-order valence-corrected chi connectivity index (χ1v) is 11.6. The fraction of sp³-hybridized carbons (Fsp3) is 0.357. The van der Waals surface area contributed by atoms with Gasteiger partial charge in [0.15, 0.2) is 0 Å². The molecule has 5 atom stereocenters. The maximum Gasteiger partial charge on any atom is 0.118 e. The first-order chi connectivity index (χ1) is 16.6. The highest BCUT2D eigenvalue weighted by molar-refractivity contribution is 5.26. The van der Waals surface area contributed by atoms with Gasteiger partial charge in [0.05, 0.1) is 39.1 Å². The third-order valence-corrected chi connectivity index (χ3v) is 6.06. The number of aliphatic hydroxyl groups excluding tert-OH is 2. The van der Waals surface area contributed by atoms with Gasteiger partial charge in [-0.3, -0.25) is 0 Å². The second kappa shape index (κ2) is 12.1. The number of benzene rings is 3. The lowest BCUT2D eigenvalue weighted by atomic mass is 9.86. The van der Waals surface area contributed by atoms with E-state index in [1.807, 2.05) is 84.9 Å². The van der Waals surface area contributed by atoms with Gasteiger partial charge in [0.2, 0.25) is 0 Å². The van der Waals surface area contributed by atoms with Crippen LogP contribution in [0.4, 0.5) is 0 Å². The van der Waals surface area contributed by atoms with E-state index in [-0.39, 0.29) is 6.42 Å². The average Bonchev–Trinajstić information content (AvgIpc) is 2.88. The lowest BCUT2D eigenvalue weighted by molar-refractivity contribution is -0.231. The molecule has 3 aromatic rings. The predicted octanol–water partition coefficient (Wildman–Crippen LogP) is 3.88. The topological polar surface area (TPSA) is 77.4 Å². The van der Waals surface area contributed by atoms with Gasteiger partial charge < -0.3 is 29.2 Å². The third-order valence-electron chi connectivity index (χ3n) is 6.06. The quantitative estimate of drug-likeness (QED) is 0.474. The van der Waals surface area contributed by atoms with E-state index in [4.69, 9.17) is 18.9 Å². The molecule has 0 heterocycles. The van der Waals surface area contributed by atoms with Crippen LogP contribution in [0.1, 0.15) is 23.1 Å². The number of ether oxygens (including phenoxy) is 4. The molecule has 0 bridgehead atoms. The fourth-order valence-corrected chi connectivity index (χ4v) is 4.19. The lowest BCUT2D eigenvalue weighted by Crippen LogP contribution is -2.58. The number of aliphatic hydroxyl groups is 2. The van der Waals surface area contributed by atoms with E-state index in [0.29, 0.717) is 19.8 Å². The van der Waals surface area contributed by atoms with Crippen LogP contribution in [-0.4, -0.2) is 47.8 Å². The molecule has 4 rings (SSSR count). The summed E-state index contributed by atoms with van der Waals surface area (Å²) in [5.41, 5.74) is 2.94. The van der Waals surface area contributed by atoms with Gasteiger partial charge in [0.1, 0.15) is 24.1 Å². The summed E-state index contributed by atoms with van der Waals surface area (Å²) in [6.45, 7) is 0.937. The number of hydrogen-bond donors (Lipinski definition) is 2. The van der Waals surface area contributed by atoms with Crippen molar-refractivity contribution in [1.82, 2.24) is 0 Å². The molecule has 34 heavy (non-hydrogen) atoms. The Morgan fingerprint density at radius 1 is 0.588 bits per heavy atom. The minimum Gasteiger partial charge on any atom is -0.497 e. The second-order valence-electron chi connectivity index (χ2n) is 8.52. The molecule has 0 amide bonds. The van der Waals surface area contributed by atoms with E-state index in [0.717, 1.165) is 22.4 Å². The van der Waals surface area contributed by atoms with Crippen LogP contribution in [0, 0.1) is 0 Å². The van der Waals surface area contributed by atoms with Gasteiger partial charge in [-0.1, -0.05) is 72.8 Å². The monoisotopic (exact) mass is 464 g/mol. The van der Waals surface area contributed by atoms with Gasteiger partial charge in [0.25, 0.3) is 0 Å². The van der Waals surface area contributed by atoms with Crippen LogP contribution in [-0.2, 0) is 34.0 Å². The highest BCUT2D eigenvalue weighted by Crippen LogP contribution is 2.30. The Hall–Kier alpha value is -2.74. The Kier molecular flexibility index (Phi) is 8.68. The molecule has 1 aliphatic carbocycles. The maximum atomic E-state index is 10.8. The van der Waals surface area contributed by atoms with Crippen molar-refractivity contribution in [1.29, 1.82) is 0 Å². The molecule has 0 spiro atoms. The van der Waals surface area contributed by atoms with Gasteiger partial charge >= 0.3 is 0 Å². The standard InChI is InChI=1S/C28H32O6/c1-31-23-14-12-22(13-15-23)19-33-27-25(30)16-24(29)26(32-17-20-8-4-2-5-9-20)28(27)34-18-21-10-6-3-7-11-21/h2-15,24-30H,16-19H2,1H3/t24-,25-,26+,27-,28-/m1/s1. The van der Waals surface area contributed by atoms with Crippen LogP contribution in [0.15, 0.2) is 84.9 Å². The van der Waals surface area contributed by atoms with Crippen molar-refractivity contribution >= 4 is 0 Å². The summed E-state index contributed by atoms with van der Waals surface area (Å²) in [4.78, 5) is 0. The van der Waals surface area contributed by atoms with Gasteiger partial charge in [-0.25, -0.2) is 0 Å². The molecule has 180 valence electrons. The molecular weight excluding hydrogens is 432 g/mol. The number of rotatable bonds is 10. The summed E-state index contributed by atoms with van der Waals surface area (Å²) in [7, 11) is 1.62. The highest BCUT2D eigenvalue weighted by Gasteiger charge is 2.46. The minimum absolute atomic E-state index is 0.151. The minimum atomic E-state index is -0.884. The van der Waals surface area contributed by atoms with Crippen molar-refractivity contribution in [2.45, 2.75) is 56.8 Å². The summed E-state index contributed by atoms with van der Waals surface area (Å²) in [5.74, 6) is 0.767. The molecule has 0 aliphatic heterocycles. The van der Waals surface area contributed by atoms with Crippen LogP contribution < -0.4 is 4.74 Å². The second-order valence-corrected chi connectivity index (χ2v) is 8.52. The molecule has 1 aliphatic rings. The summed E-state index contributed by atoms with van der Waals surface area (Å²) < 4.78 is 23.8. The Bertz CT molecular complexity index is 979. The predicted molar refractivity (Wildman–Crippen MR) is 128 cm³/mol. The van der Waals surface area contributed by atoms with E-state index in [1.54, 1.807) is 7.11 Å². The highest BCUT2D eigenvalue weighted by atomic mass is 16.6. The lowest BCUT2D eigenvalue weighted by Gasteiger charge is -2.43. The van der Waals surface area contributed by atoms with Crippen molar-refractivity contribution in [2.24, 2.45) is 0 Å². The molecule has 3 aromatic carbocycles.